The molecule has 156 valence electrons. The quantitative estimate of drug-likeness (QED) is 0.465. The molecule has 1 aliphatic heterocycles. The number of terminal acetylenes is 1. The molecule has 3 atom stereocenters. The summed E-state index contributed by atoms with van der Waals surface area (Å²) in [4.78, 5) is 21.7. The third kappa shape index (κ3) is 3.51. The average molecular weight is 435 g/mol. The zero-order valence-electron chi connectivity index (χ0n) is 16.5. The van der Waals surface area contributed by atoms with E-state index in [0.717, 1.165) is 6.42 Å². The highest BCUT2D eigenvalue weighted by Gasteiger charge is 2.55. The van der Waals surface area contributed by atoms with Crippen LogP contribution in [0.25, 0.3) is 11.0 Å². The molecule has 10 heteroatoms. The fourth-order valence-corrected chi connectivity index (χ4v) is 5.15. The Balaban J connectivity index is 1.49. The summed E-state index contributed by atoms with van der Waals surface area (Å²) in [6.07, 6.45) is 10.7. The van der Waals surface area contributed by atoms with Crippen molar-refractivity contribution in [2.24, 2.45) is 16.6 Å². The van der Waals surface area contributed by atoms with Gasteiger partial charge in [-0.05, 0) is 25.5 Å². The second-order valence-corrected chi connectivity index (χ2v) is 8.77. The standard InChI is InChI=1S/C21H18FN7OS/c1-3-6-30-16-10-25-17-14(28-16)4-5-24-19(17)27-11-7-13(18(22)26-9-11)21(2)12-8-15(12)31-20(23)29-21/h1,4-5,7,9-10,12,15H,6,8H2,2H3,(H2,23,29)(H,24,27)/t12-,15+,21-/m1/s1. The number of hydrogen-bond donors (Lipinski definition) is 2. The second-order valence-electron chi connectivity index (χ2n) is 7.51. The van der Waals surface area contributed by atoms with E-state index < -0.39 is 11.5 Å². The Morgan fingerprint density at radius 3 is 3.10 bits per heavy atom. The molecule has 4 heterocycles. The van der Waals surface area contributed by atoms with E-state index in [-0.39, 0.29) is 12.5 Å². The van der Waals surface area contributed by atoms with Gasteiger partial charge in [0.2, 0.25) is 11.8 Å². The molecule has 2 aliphatic rings. The summed E-state index contributed by atoms with van der Waals surface area (Å²) in [7, 11) is 0. The van der Waals surface area contributed by atoms with Crippen LogP contribution in [0.15, 0.2) is 35.7 Å². The topological polar surface area (TPSA) is 111 Å². The minimum Gasteiger partial charge on any atom is -0.463 e. The lowest BCUT2D eigenvalue weighted by atomic mass is 9.88. The number of amidine groups is 1. The fraction of sp³-hybridized carbons (Fsp3) is 0.286. The maximum Gasteiger partial charge on any atom is 0.233 e. The van der Waals surface area contributed by atoms with Gasteiger partial charge < -0.3 is 15.8 Å². The van der Waals surface area contributed by atoms with Crippen molar-refractivity contribution in [1.29, 1.82) is 0 Å². The molecule has 8 nitrogen and oxygen atoms in total. The zero-order valence-corrected chi connectivity index (χ0v) is 17.4. The van der Waals surface area contributed by atoms with Crippen LogP contribution in [0.2, 0.25) is 0 Å². The van der Waals surface area contributed by atoms with Crippen LogP contribution in [0.4, 0.5) is 15.9 Å². The third-order valence-corrected chi connectivity index (χ3v) is 6.61. The highest BCUT2D eigenvalue weighted by Crippen LogP contribution is 2.57. The van der Waals surface area contributed by atoms with E-state index in [9.17, 15) is 4.39 Å². The minimum atomic E-state index is -0.746. The van der Waals surface area contributed by atoms with E-state index in [0.29, 0.717) is 44.4 Å². The van der Waals surface area contributed by atoms with Gasteiger partial charge >= 0.3 is 0 Å². The van der Waals surface area contributed by atoms with Gasteiger partial charge in [-0.15, -0.1) is 6.42 Å². The van der Waals surface area contributed by atoms with Crippen LogP contribution >= 0.6 is 11.8 Å². The first-order valence-electron chi connectivity index (χ1n) is 9.61. The van der Waals surface area contributed by atoms with E-state index in [2.05, 4.69) is 36.2 Å². The number of aliphatic imine (C=N–C) groups is 1. The molecule has 0 radical (unpaired) electrons. The molecule has 31 heavy (non-hydrogen) atoms. The predicted octanol–water partition coefficient (Wildman–Crippen LogP) is 2.98. The highest BCUT2D eigenvalue weighted by atomic mass is 32.2. The Labute approximate surface area is 182 Å². The molecule has 3 N–H and O–H groups in total. The molecule has 0 saturated heterocycles. The van der Waals surface area contributed by atoms with Crippen molar-refractivity contribution in [1.82, 2.24) is 19.9 Å². The lowest BCUT2D eigenvalue weighted by molar-refractivity contribution is 0.355. The van der Waals surface area contributed by atoms with Gasteiger partial charge in [0.15, 0.2) is 17.6 Å². The summed E-state index contributed by atoms with van der Waals surface area (Å²) in [5.41, 5.74) is 7.33. The van der Waals surface area contributed by atoms with Crippen LogP contribution in [0, 0.1) is 24.2 Å². The van der Waals surface area contributed by atoms with Gasteiger partial charge in [0, 0.05) is 22.9 Å². The molecule has 0 aromatic carbocycles. The van der Waals surface area contributed by atoms with Gasteiger partial charge in [0.1, 0.15) is 5.52 Å². The molecule has 0 bridgehead atoms. The van der Waals surface area contributed by atoms with Crippen molar-refractivity contribution < 1.29 is 9.13 Å². The Bertz CT molecular complexity index is 1260. The Morgan fingerprint density at radius 1 is 1.39 bits per heavy atom. The smallest absolute Gasteiger partial charge is 0.233 e. The molecule has 1 saturated carbocycles. The van der Waals surface area contributed by atoms with Crippen LogP contribution in [0.5, 0.6) is 5.88 Å². The SMILES string of the molecule is C#CCOc1cnc2c(Nc3cnc(F)c([C@]4(C)N=C(N)S[C@H]5C[C@H]54)c3)nccc2n1. The first kappa shape index (κ1) is 19.5. The van der Waals surface area contributed by atoms with Crippen molar-refractivity contribution in [3.8, 4) is 18.2 Å². The summed E-state index contributed by atoms with van der Waals surface area (Å²) in [6.45, 7) is 2.01. The minimum absolute atomic E-state index is 0.104. The number of hydrogen-bond acceptors (Lipinski definition) is 9. The van der Waals surface area contributed by atoms with Crippen LogP contribution < -0.4 is 15.8 Å². The predicted molar refractivity (Wildman–Crippen MR) is 118 cm³/mol. The lowest BCUT2D eigenvalue weighted by Gasteiger charge is -2.30. The second kappa shape index (κ2) is 7.35. The number of fused-ring (bicyclic) bond motifs is 2. The molecule has 5 rings (SSSR count). The van der Waals surface area contributed by atoms with E-state index in [1.165, 1.54) is 12.4 Å². The number of anilines is 2. The van der Waals surface area contributed by atoms with Crippen molar-refractivity contribution in [3.63, 3.8) is 0 Å². The van der Waals surface area contributed by atoms with Crippen LogP contribution in [0.1, 0.15) is 18.9 Å². The number of aromatic nitrogens is 4. The summed E-state index contributed by atoms with van der Waals surface area (Å²) < 4.78 is 20.1. The number of nitrogens with zero attached hydrogens (tertiary/aromatic N) is 5. The average Bonchev–Trinajstić information content (AvgIpc) is 3.54. The number of nitrogens with one attached hydrogen (secondary N) is 1. The van der Waals surface area contributed by atoms with Gasteiger partial charge in [-0.3, -0.25) is 4.99 Å². The van der Waals surface area contributed by atoms with Crippen molar-refractivity contribution in [2.75, 3.05) is 11.9 Å². The monoisotopic (exact) mass is 435 g/mol. The molecule has 1 aliphatic carbocycles. The number of rotatable bonds is 5. The van der Waals surface area contributed by atoms with Gasteiger partial charge in [-0.1, -0.05) is 17.7 Å². The number of pyridine rings is 2. The maximum absolute atomic E-state index is 14.7. The molecular formula is C21H18FN7OS. The maximum atomic E-state index is 14.7. The third-order valence-electron chi connectivity index (χ3n) is 5.46. The lowest BCUT2D eigenvalue weighted by Crippen LogP contribution is -2.32. The normalized spacial score (nSPS) is 24.1. The number of thioether (sulfide) groups is 1. The van der Waals surface area contributed by atoms with Gasteiger partial charge in [0.05, 0.1) is 29.1 Å². The van der Waals surface area contributed by atoms with Crippen molar-refractivity contribution >= 4 is 39.5 Å². The van der Waals surface area contributed by atoms with Gasteiger partial charge in [-0.25, -0.2) is 19.9 Å². The number of nitrogens with two attached hydrogens (primary N) is 1. The first-order chi connectivity index (χ1) is 15.0. The molecule has 0 spiro atoms. The van der Waals surface area contributed by atoms with Crippen molar-refractivity contribution in [2.45, 2.75) is 24.1 Å². The fourth-order valence-electron chi connectivity index (χ4n) is 3.86. The summed E-state index contributed by atoms with van der Waals surface area (Å²) in [5.74, 6) is 2.86. The molecule has 0 amide bonds. The van der Waals surface area contributed by atoms with Crippen LogP contribution in [0.3, 0.4) is 0 Å². The van der Waals surface area contributed by atoms with Crippen LogP contribution in [-0.2, 0) is 5.54 Å². The Kier molecular flexibility index (Phi) is 4.63. The Hall–Kier alpha value is -3.45. The van der Waals surface area contributed by atoms with E-state index in [4.69, 9.17) is 16.9 Å². The largest absolute Gasteiger partial charge is 0.463 e. The van der Waals surface area contributed by atoms with Gasteiger partial charge in [-0.2, -0.15) is 4.39 Å². The molecule has 1 fully saturated rings. The van der Waals surface area contributed by atoms with E-state index in [1.54, 1.807) is 30.1 Å². The Morgan fingerprint density at radius 2 is 2.26 bits per heavy atom. The van der Waals surface area contributed by atoms with Crippen molar-refractivity contribution in [3.05, 3.63) is 42.2 Å². The summed E-state index contributed by atoms with van der Waals surface area (Å²) in [5, 5.41) is 4.03. The molecule has 3 aromatic heterocycles. The summed E-state index contributed by atoms with van der Waals surface area (Å²) >= 11 is 1.56. The molecule has 0 unspecified atom stereocenters. The molecular weight excluding hydrogens is 417 g/mol. The number of ether oxygens (including phenoxy) is 1. The first-order valence-corrected chi connectivity index (χ1v) is 10.5. The highest BCUT2D eigenvalue weighted by molar-refractivity contribution is 8.14. The molecule has 3 aromatic rings. The summed E-state index contributed by atoms with van der Waals surface area (Å²) in [6, 6.07) is 3.43. The van der Waals surface area contributed by atoms with Gasteiger partial charge in [0.25, 0.3) is 0 Å². The van der Waals surface area contributed by atoms with E-state index in [1.807, 2.05) is 6.92 Å². The van der Waals surface area contributed by atoms with E-state index >= 15 is 0 Å². The number of halogens is 1. The van der Waals surface area contributed by atoms with Crippen LogP contribution in [-0.4, -0.2) is 37.0 Å². The zero-order chi connectivity index (χ0) is 21.6.